The lowest BCUT2D eigenvalue weighted by Gasteiger charge is -2.06. The van der Waals surface area contributed by atoms with E-state index in [1.54, 1.807) is 42.7 Å². The molecule has 1 N–H and O–H groups in total. The molecular formula is C17H15ClN2O2S. The molecule has 0 aromatic heterocycles. The van der Waals surface area contributed by atoms with Crippen molar-refractivity contribution in [1.29, 1.82) is 0 Å². The van der Waals surface area contributed by atoms with Crippen molar-refractivity contribution in [2.24, 2.45) is 4.99 Å². The third-order valence-electron chi connectivity index (χ3n) is 3.02. The van der Waals surface area contributed by atoms with Crippen molar-refractivity contribution in [2.45, 2.75) is 6.92 Å². The summed E-state index contributed by atoms with van der Waals surface area (Å²) in [6.45, 7) is 1.95. The minimum absolute atomic E-state index is 0.246. The van der Waals surface area contributed by atoms with E-state index in [1.165, 1.54) is 11.8 Å². The van der Waals surface area contributed by atoms with Gasteiger partial charge in [0.2, 0.25) is 0 Å². The number of carbonyl (C=O) groups is 2. The first kappa shape index (κ1) is 17.2. The van der Waals surface area contributed by atoms with Gasteiger partial charge in [-0.2, -0.15) is 4.99 Å². The van der Waals surface area contributed by atoms with E-state index in [9.17, 15) is 9.59 Å². The zero-order chi connectivity index (χ0) is 16.8. The number of amides is 2. The van der Waals surface area contributed by atoms with Crippen LogP contribution < -0.4 is 5.32 Å². The van der Waals surface area contributed by atoms with Gasteiger partial charge in [-0.25, -0.2) is 0 Å². The number of carbonyl (C=O) groups excluding carboxylic acids is 2. The molecule has 0 fully saturated rings. The zero-order valence-corrected chi connectivity index (χ0v) is 14.2. The molecule has 6 heteroatoms. The van der Waals surface area contributed by atoms with Crippen molar-refractivity contribution < 1.29 is 9.59 Å². The van der Waals surface area contributed by atoms with Gasteiger partial charge in [0, 0.05) is 16.1 Å². The smallest absolute Gasteiger partial charge is 0.279 e. The highest BCUT2D eigenvalue weighted by molar-refractivity contribution is 8.13. The van der Waals surface area contributed by atoms with Crippen LogP contribution in [0.3, 0.4) is 0 Å². The van der Waals surface area contributed by atoms with Crippen LogP contribution >= 0.6 is 23.4 Å². The monoisotopic (exact) mass is 346 g/mol. The normalized spacial score (nSPS) is 11.2. The van der Waals surface area contributed by atoms with E-state index in [0.717, 1.165) is 5.56 Å². The van der Waals surface area contributed by atoms with Crippen molar-refractivity contribution >= 4 is 40.3 Å². The fourth-order valence-corrected chi connectivity index (χ4v) is 2.24. The molecule has 4 nitrogen and oxygen atoms in total. The Labute approximate surface area is 144 Å². The highest BCUT2D eigenvalue weighted by Crippen LogP contribution is 2.11. The van der Waals surface area contributed by atoms with Gasteiger partial charge in [-0.15, -0.1) is 0 Å². The predicted molar refractivity (Wildman–Crippen MR) is 95.4 cm³/mol. The number of nitrogens with one attached hydrogen (secondary N) is 1. The molecule has 2 rings (SSSR count). The van der Waals surface area contributed by atoms with Crippen molar-refractivity contribution in [3.05, 3.63) is 70.2 Å². The van der Waals surface area contributed by atoms with Crippen LogP contribution in [0.15, 0.2) is 53.5 Å². The van der Waals surface area contributed by atoms with Gasteiger partial charge in [-0.05, 0) is 49.6 Å². The van der Waals surface area contributed by atoms with E-state index in [1.807, 2.05) is 19.1 Å². The van der Waals surface area contributed by atoms with Gasteiger partial charge in [-0.3, -0.25) is 9.59 Å². The predicted octanol–water partition coefficient (Wildman–Crippen LogP) is 3.94. The third kappa shape index (κ3) is 4.94. The number of thioether (sulfide) groups is 1. The number of halogens is 1. The first-order chi connectivity index (χ1) is 11.0. The van der Waals surface area contributed by atoms with Gasteiger partial charge in [0.1, 0.15) is 0 Å². The van der Waals surface area contributed by atoms with Crippen LogP contribution in [0.25, 0.3) is 0 Å². The van der Waals surface area contributed by atoms with Crippen LogP contribution in [-0.2, 0) is 0 Å². The van der Waals surface area contributed by atoms with Gasteiger partial charge in [0.15, 0.2) is 5.17 Å². The largest absolute Gasteiger partial charge is 0.301 e. The Hall–Kier alpha value is -2.11. The summed E-state index contributed by atoms with van der Waals surface area (Å²) in [5.41, 5.74) is 1.99. The summed E-state index contributed by atoms with van der Waals surface area (Å²) in [5, 5.41) is 3.43. The molecule has 23 heavy (non-hydrogen) atoms. The fourth-order valence-electron chi connectivity index (χ4n) is 1.75. The third-order valence-corrected chi connectivity index (χ3v) is 3.85. The highest BCUT2D eigenvalue weighted by atomic mass is 35.5. The lowest BCUT2D eigenvalue weighted by atomic mass is 10.1. The molecule has 0 aliphatic rings. The maximum atomic E-state index is 12.2. The fraction of sp³-hybridized carbons (Fsp3) is 0.118. The van der Waals surface area contributed by atoms with Gasteiger partial charge in [0.05, 0.1) is 0 Å². The molecule has 0 heterocycles. The van der Waals surface area contributed by atoms with Gasteiger partial charge in [0.25, 0.3) is 11.8 Å². The minimum Gasteiger partial charge on any atom is -0.301 e. The van der Waals surface area contributed by atoms with Crippen molar-refractivity contribution in [2.75, 3.05) is 6.26 Å². The van der Waals surface area contributed by atoms with E-state index in [0.29, 0.717) is 16.1 Å². The number of benzene rings is 2. The van der Waals surface area contributed by atoms with Crippen molar-refractivity contribution in [1.82, 2.24) is 5.32 Å². The molecule has 0 saturated carbocycles. The Balaban J connectivity index is 2.12. The Morgan fingerprint density at radius 1 is 1.00 bits per heavy atom. The van der Waals surface area contributed by atoms with E-state index in [-0.39, 0.29) is 11.1 Å². The standard InChI is InChI=1S/C17H15ClN2O2S/c1-11-3-5-12(6-4-11)15(21)19-17(23-2)20-16(22)13-7-9-14(18)10-8-13/h3-10H,1-2H3,(H,19,20,21,22). The molecule has 0 radical (unpaired) electrons. The Morgan fingerprint density at radius 2 is 1.57 bits per heavy atom. The molecule has 2 aromatic rings. The van der Waals surface area contributed by atoms with Gasteiger partial charge >= 0.3 is 0 Å². The van der Waals surface area contributed by atoms with Crippen molar-refractivity contribution in [3.8, 4) is 0 Å². The number of amidine groups is 1. The van der Waals surface area contributed by atoms with Gasteiger partial charge in [-0.1, -0.05) is 41.1 Å². The maximum absolute atomic E-state index is 12.2. The summed E-state index contributed by atoms with van der Waals surface area (Å²) in [7, 11) is 0. The molecule has 0 unspecified atom stereocenters. The van der Waals surface area contributed by atoms with E-state index in [2.05, 4.69) is 10.3 Å². The summed E-state index contributed by atoms with van der Waals surface area (Å²) < 4.78 is 0. The summed E-state index contributed by atoms with van der Waals surface area (Å²) in [5.74, 6) is -0.739. The number of rotatable bonds is 2. The van der Waals surface area contributed by atoms with Crippen LogP contribution in [-0.4, -0.2) is 23.2 Å². The molecule has 2 aromatic carbocycles. The second kappa shape index (κ2) is 7.94. The number of hydrogen-bond acceptors (Lipinski definition) is 3. The van der Waals surface area contributed by atoms with E-state index < -0.39 is 5.91 Å². The molecule has 0 spiro atoms. The highest BCUT2D eigenvalue weighted by Gasteiger charge is 2.11. The van der Waals surface area contributed by atoms with Gasteiger partial charge < -0.3 is 5.32 Å². The van der Waals surface area contributed by atoms with Crippen molar-refractivity contribution in [3.63, 3.8) is 0 Å². The zero-order valence-electron chi connectivity index (χ0n) is 12.7. The van der Waals surface area contributed by atoms with E-state index >= 15 is 0 Å². The van der Waals surface area contributed by atoms with E-state index in [4.69, 9.17) is 11.6 Å². The van der Waals surface area contributed by atoms with Crippen LogP contribution in [0.5, 0.6) is 0 Å². The van der Waals surface area contributed by atoms with Crippen LogP contribution in [0.1, 0.15) is 26.3 Å². The minimum atomic E-state index is -0.435. The molecular weight excluding hydrogens is 332 g/mol. The first-order valence-electron chi connectivity index (χ1n) is 6.80. The summed E-state index contributed by atoms with van der Waals surface area (Å²) in [6.07, 6.45) is 1.74. The molecule has 0 bridgehead atoms. The topological polar surface area (TPSA) is 58.5 Å². The molecule has 0 saturated heterocycles. The Morgan fingerprint density at radius 3 is 2.13 bits per heavy atom. The number of hydrogen-bond donors (Lipinski definition) is 1. The average molecular weight is 347 g/mol. The summed E-state index contributed by atoms with van der Waals surface area (Å²) in [4.78, 5) is 28.2. The molecule has 0 atom stereocenters. The first-order valence-corrected chi connectivity index (χ1v) is 8.40. The quantitative estimate of drug-likeness (QED) is 0.662. The lowest BCUT2D eigenvalue weighted by molar-refractivity contribution is 0.0978. The second-order valence-corrected chi connectivity index (χ2v) is 5.98. The summed E-state index contributed by atoms with van der Waals surface area (Å²) in [6, 6.07) is 13.6. The number of aliphatic imine (C=N–C) groups is 1. The number of nitrogens with zero attached hydrogens (tertiary/aromatic N) is 1. The van der Waals surface area contributed by atoms with Crippen LogP contribution in [0.4, 0.5) is 0 Å². The summed E-state index contributed by atoms with van der Waals surface area (Å²) >= 11 is 6.98. The SMILES string of the molecule is CSC(=NC(=O)c1ccc(Cl)cc1)NC(=O)c1ccc(C)cc1. The Bertz CT molecular complexity index is 740. The second-order valence-electron chi connectivity index (χ2n) is 4.75. The molecule has 118 valence electrons. The van der Waals surface area contributed by atoms with Crippen LogP contribution in [0.2, 0.25) is 5.02 Å². The molecule has 0 aliphatic heterocycles. The Kier molecular flexibility index (Phi) is 5.96. The average Bonchev–Trinajstić information content (AvgIpc) is 2.55. The van der Waals surface area contributed by atoms with Crippen LogP contribution in [0, 0.1) is 6.92 Å². The number of aryl methyl sites for hydroxylation is 1. The molecule has 0 aliphatic carbocycles. The maximum Gasteiger partial charge on any atom is 0.279 e. The lowest BCUT2D eigenvalue weighted by Crippen LogP contribution is -2.29. The molecule has 2 amide bonds.